The second-order valence-corrected chi connectivity index (χ2v) is 4.43. The molecule has 0 saturated carbocycles. The minimum Gasteiger partial charge on any atom is -0.456 e. The maximum Gasteiger partial charge on any atom is 0.348 e. The first kappa shape index (κ1) is 9.26. The molecule has 0 aliphatic carbocycles. The van der Waals surface area contributed by atoms with E-state index in [1.807, 2.05) is 32.2 Å². The zero-order valence-electron chi connectivity index (χ0n) is 7.46. The van der Waals surface area contributed by atoms with Gasteiger partial charge < -0.3 is 4.74 Å². The molecule has 0 N–H and O–H groups in total. The molecule has 3 heteroatoms. The molecule has 12 heavy (non-hydrogen) atoms. The van der Waals surface area contributed by atoms with Gasteiger partial charge in [-0.05, 0) is 32.2 Å². The van der Waals surface area contributed by atoms with Crippen LogP contribution in [0.15, 0.2) is 17.5 Å². The summed E-state index contributed by atoms with van der Waals surface area (Å²) in [6, 6.07) is 3.60. The molecule has 0 aliphatic heterocycles. The highest BCUT2D eigenvalue weighted by Crippen LogP contribution is 2.15. The molecular formula is C9H12O2S. The SMILES string of the molecule is CC(C)(C)OC(=O)c1cccs1. The van der Waals surface area contributed by atoms with Gasteiger partial charge in [0.15, 0.2) is 0 Å². The molecule has 1 heterocycles. The molecule has 0 amide bonds. The van der Waals surface area contributed by atoms with Gasteiger partial charge in [0.1, 0.15) is 10.5 Å². The van der Waals surface area contributed by atoms with E-state index in [2.05, 4.69) is 0 Å². The number of thiophene rings is 1. The summed E-state index contributed by atoms with van der Waals surface area (Å²) in [4.78, 5) is 12.0. The van der Waals surface area contributed by atoms with Crippen molar-refractivity contribution in [1.29, 1.82) is 0 Å². The quantitative estimate of drug-likeness (QED) is 0.627. The van der Waals surface area contributed by atoms with Crippen molar-refractivity contribution in [3.8, 4) is 0 Å². The molecule has 0 aliphatic rings. The van der Waals surface area contributed by atoms with Crippen LogP contribution in [0.3, 0.4) is 0 Å². The summed E-state index contributed by atoms with van der Waals surface area (Å²) in [5.41, 5.74) is -0.402. The average molecular weight is 184 g/mol. The van der Waals surface area contributed by atoms with E-state index < -0.39 is 5.60 Å². The average Bonchev–Trinajstić information content (AvgIpc) is 2.32. The third-order valence-electron chi connectivity index (χ3n) is 1.12. The number of ether oxygens (including phenoxy) is 1. The zero-order chi connectivity index (χ0) is 9.19. The summed E-state index contributed by atoms with van der Waals surface area (Å²) in [5, 5.41) is 1.86. The molecule has 0 unspecified atom stereocenters. The Morgan fingerprint density at radius 3 is 2.58 bits per heavy atom. The van der Waals surface area contributed by atoms with Gasteiger partial charge in [-0.2, -0.15) is 0 Å². The Hall–Kier alpha value is -0.830. The van der Waals surface area contributed by atoms with Crippen molar-refractivity contribution in [2.75, 3.05) is 0 Å². The van der Waals surface area contributed by atoms with Crippen LogP contribution in [0.25, 0.3) is 0 Å². The molecule has 0 saturated heterocycles. The second-order valence-electron chi connectivity index (χ2n) is 3.48. The van der Waals surface area contributed by atoms with E-state index in [9.17, 15) is 4.79 Å². The summed E-state index contributed by atoms with van der Waals surface area (Å²) in [5.74, 6) is -0.238. The maximum absolute atomic E-state index is 11.3. The van der Waals surface area contributed by atoms with Gasteiger partial charge in [0.05, 0.1) is 0 Å². The first-order valence-electron chi connectivity index (χ1n) is 3.76. The van der Waals surface area contributed by atoms with Crippen molar-refractivity contribution in [1.82, 2.24) is 0 Å². The minimum absolute atomic E-state index is 0.238. The van der Waals surface area contributed by atoms with E-state index in [-0.39, 0.29) is 5.97 Å². The van der Waals surface area contributed by atoms with E-state index in [1.165, 1.54) is 11.3 Å². The smallest absolute Gasteiger partial charge is 0.348 e. The van der Waals surface area contributed by atoms with Crippen LogP contribution in [0.4, 0.5) is 0 Å². The van der Waals surface area contributed by atoms with Gasteiger partial charge in [0, 0.05) is 0 Å². The summed E-state index contributed by atoms with van der Waals surface area (Å²) >= 11 is 1.40. The molecule has 1 rings (SSSR count). The fraction of sp³-hybridized carbons (Fsp3) is 0.444. The summed E-state index contributed by atoms with van der Waals surface area (Å²) < 4.78 is 5.15. The predicted octanol–water partition coefficient (Wildman–Crippen LogP) is 2.70. The molecule has 1 aromatic rings. The highest BCUT2D eigenvalue weighted by molar-refractivity contribution is 7.11. The Kier molecular flexibility index (Phi) is 2.52. The lowest BCUT2D eigenvalue weighted by Gasteiger charge is -2.18. The Balaban J connectivity index is 2.63. The predicted molar refractivity (Wildman–Crippen MR) is 49.5 cm³/mol. The molecule has 1 aromatic heterocycles. The van der Waals surface area contributed by atoms with Crippen molar-refractivity contribution in [3.05, 3.63) is 22.4 Å². The fourth-order valence-corrected chi connectivity index (χ4v) is 1.32. The van der Waals surface area contributed by atoms with Gasteiger partial charge in [-0.3, -0.25) is 0 Å². The Bertz CT molecular complexity index is 257. The number of hydrogen-bond donors (Lipinski definition) is 0. The molecular weight excluding hydrogens is 172 g/mol. The van der Waals surface area contributed by atoms with Crippen molar-refractivity contribution in [2.45, 2.75) is 26.4 Å². The molecule has 2 nitrogen and oxygen atoms in total. The van der Waals surface area contributed by atoms with Crippen LogP contribution >= 0.6 is 11.3 Å². The molecule has 66 valence electrons. The largest absolute Gasteiger partial charge is 0.456 e. The van der Waals surface area contributed by atoms with E-state index in [4.69, 9.17) is 4.74 Å². The van der Waals surface area contributed by atoms with Crippen LogP contribution in [-0.4, -0.2) is 11.6 Å². The molecule has 0 atom stereocenters. The first-order chi connectivity index (χ1) is 5.49. The number of esters is 1. The van der Waals surface area contributed by atoms with Crippen LogP contribution < -0.4 is 0 Å². The van der Waals surface area contributed by atoms with Gasteiger partial charge in [-0.25, -0.2) is 4.79 Å². The topological polar surface area (TPSA) is 26.3 Å². The first-order valence-corrected chi connectivity index (χ1v) is 4.64. The highest BCUT2D eigenvalue weighted by atomic mass is 32.1. The lowest BCUT2D eigenvalue weighted by atomic mass is 10.2. The third-order valence-corrected chi connectivity index (χ3v) is 1.97. The zero-order valence-corrected chi connectivity index (χ0v) is 8.27. The van der Waals surface area contributed by atoms with Crippen molar-refractivity contribution < 1.29 is 9.53 Å². The number of carbonyl (C=O) groups excluding carboxylic acids is 1. The minimum atomic E-state index is -0.402. The fourth-order valence-electron chi connectivity index (χ4n) is 0.723. The number of carbonyl (C=O) groups is 1. The van der Waals surface area contributed by atoms with E-state index in [0.29, 0.717) is 4.88 Å². The van der Waals surface area contributed by atoms with E-state index >= 15 is 0 Å². The van der Waals surface area contributed by atoms with Crippen LogP contribution in [-0.2, 0) is 4.74 Å². The molecule has 0 spiro atoms. The summed E-state index contributed by atoms with van der Waals surface area (Å²) in [6.07, 6.45) is 0. The lowest BCUT2D eigenvalue weighted by molar-refractivity contribution is 0.00753. The standard InChI is InChI=1S/C9H12O2S/c1-9(2,3)11-8(10)7-5-4-6-12-7/h4-6H,1-3H3. The molecule has 0 aromatic carbocycles. The van der Waals surface area contributed by atoms with E-state index in [1.54, 1.807) is 6.07 Å². The Morgan fingerprint density at radius 2 is 2.17 bits per heavy atom. The molecule has 0 fully saturated rings. The third kappa shape index (κ3) is 2.66. The molecule has 0 bridgehead atoms. The van der Waals surface area contributed by atoms with Gasteiger partial charge in [-0.1, -0.05) is 6.07 Å². The van der Waals surface area contributed by atoms with Gasteiger partial charge in [-0.15, -0.1) is 11.3 Å². The van der Waals surface area contributed by atoms with Crippen LogP contribution in [0.5, 0.6) is 0 Å². The highest BCUT2D eigenvalue weighted by Gasteiger charge is 2.17. The van der Waals surface area contributed by atoms with Crippen molar-refractivity contribution in [3.63, 3.8) is 0 Å². The van der Waals surface area contributed by atoms with E-state index in [0.717, 1.165) is 0 Å². The second kappa shape index (κ2) is 3.27. The Morgan fingerprint density at radius 1 is 1.50 bits per heavy atom. The van der Waals surface area contributed by atoms with Gasteiger partial charge >= 0.3 is 5.97 Å². The van der Waals surface area contributed by atoms with Crippen LogP contribution in [0, 0.1) is 0 Å². The lowest BCUT2D eigenvalue weighted by Crippen LogP contribution is -2.23. The van der Waals surface area contributed by atoms with Crippen LogP contribution in [0.1, 0.15) is 30.4 Å². The summed E-state index contributed by atoms with van der Waals surface area (Å²) in [7, 11) is 0. The Labute approximate surface area is 76.2 Å². The number of rotatable bonds is 1. The van der Waals surface area contributed by atoms with Crippen LogP contribution in [0.2, 0.25) is 0 Å². The van der Waals surface area contributed by atoms with Gasteiger partial charge in [0.2, 0.25) is 0 Å². The molecule has 0 radical (unpaired) electrons. The summed E-state index contributed by atoms with van der Waals surface area (Å²) in [6.45, 7) is 5.58. The number of hydrogen-bond acceptors (Lipinski definition) is 3. The maximum atomic E-state index is 11.3. The monoisotopic (exact) mass is 184 g/mol. The van der Waals surface area contributed by atoms with Crippen molar-refractivity contribution >= 4 is 17.3 Å². The van der Waals surface area contributed by atoms with Crippen molar-refractivity contribution in [2.24, 2.45) is 0 Å². The van der Waals surface area contributed by atoms with Gasteiger partial charge in [0.25, 0.3) is 0 Å². The normalized spacial score (nSPS) is 11.2.